The molecule has 0 amide bonds. The molecule has 18 heteroatoms. The van der Waals surface area contributed by atoms with Gasteiger partial charge in [-0.3, -0.25) is 24.5 Å². The molecule has 5 heterocycles. The molecule has 0 aromatic heterocycles. The molecule has 0 unspecified atom stereocenters. The van der Waals surface area contributed by atoms with Crippen LogP contribution in [0.4, 0.5) is 11.4 Å². The van der Waals surface area contributed by atoms with E-state index in [1.165, 1.54) is 12.1 Å². The van der Waals surface area contributed by atoms with Gasteiger partial charge in [0, 0.05) is 52.8 Å². The lowest BCUT2D eigenvalue weighted by Gasteiger charge is -1.97. The number of Topliss-reactive ketones (excluding diaryl/α,β-unsaturated/α-hetero) is 2. The summed E-state index contributed by atoms with van der Waals surface area (Å²) in [5.74, 6) is -0.606. The monoisotopic (exact) mass is 754 g/mol. The van der Waals surface area contributed by atoms with Gasteiger partial charge in [-0.15, -0.1) is 0 Å². The summed E-state index contributed by atoms with van der Waals surface area (Å²) in [7, 11) is 0. The molecule has 18 nitrogen and oxygen atoms in total. The van der Waals surface area contributed by atoms with Crippen LogP contribution in [-0.4, -0.2) is 33.2 Å². The number of hydrogen-bond acceptors (Lipinski definition) is 15. The van der Waals surface area contributed by atoms with Crippen LogP contribution in [0.5, 0.6) is 0 Å². The summed E-state index contributed by atoms with van der Waals surface area (Å²) in [6.45, 7) is 11.6. The second-order valence-electron chi connectivity index (χ2n) is 12.6. The van der Waals surface area contributed by atoms with Crippen LogP contribution in [-0.2, 0) is 4.79 Å². The predicted octanol–water partition coefficient (Wildman–Crippen LogP) is 10.5. The van der Waals surface area contributed by atoms with Gasteiger partial charge in [0.15, 0.2) is 22.9 Å². The van der Waals surface area contributed by atoms with Crippen molar-refractivity contribution < 1.29 is 24.4 Å². The summed E-state index contributed by atoms with van der Waals surface area (Å²) < 4.78 is 0. The van der Waals surface area contributed by atoms with Gasteiger partial charge >= 0.3 is 5.97 Å². The molecule has 282 valence electrons. The van der Waals surface area contributed by atoms with Crippen molar-refractivity contribution in [1.82, 2.24) is 0 Å². The molecule has 4 aromatic rings. The Kier molecular flexibility index (Phi) is 12.8. The molecule has 0 atom stereocenters. The van der Waals surface area contributed by atoms with Crippen molar-refractivity contribution in [2.75, 3.05) is 0 Å². The number of nitro groups is 1. The highest BCUT2D eigenvalue weighted by Crippen LogP contribution is 2.34. The molecule has 0 radical (unpaired) electrons. The molecule has 5 aliphatic heterocycles. The van der Waals surface area contributed by atoms with Crippen LogP contribution >= 0.6 is 0 Å². The summed E-state index contributed by atoms with van der Waals surface area (Å²) in [6, 6.07) is 28.4. The third-order valence-corrected chi connectivity index (χ3v) is 8.13. The van der Waals surface area contributed by atoms with Crippen LogP contribution in [0.2, 0.25) is 0 Å². The number of ketones is 2. The third-order valence-electron chi connectivity index (χ3n) is 8.13. The van der Waals surface area contributed by atoms with E-state index < -0.39 is 10.9 Å². The fourth-order valence-electron chi connectivity index (χ4n) is 4.46. The maximum absolute atomic E-state index is 10.9. The summed E-state index contributed by atoms with van der Waals surface area (Å²) in [6.07, 6.45) is 0.726. The van der Waals surface area contributed by atoms with E-state index in [2.05, 4.69) is 56.0 Å². The first-order valence-electron chi connectivity index (χ1n) is 17.0. The van der Waals surface area contributed by atoms with Crippen molar-refractivity contribution >= 4 is 28.9 Å². The van der Waals surface area contributed by atoms with Gasteiger partial charge < -0.3 is 5.11 Å². The number of benzene rings is 4. The average Bonchev–Trinajstić information content (AvgIpc) is 4.01. The van der Waals surface area contributed by atoms with Crippen LogP contribution in [0.15, 0.2) is 148 Å². The first-order valence-corrected chi connectivity index (χ1v) is 17.0. The lowest BCUT2D eigenvalue weighted by Crippen LogP contribution is -2.07. The fraction of sp³-hybridized carbons (Fsp3) is 0.263. The molecule has 1 N–H and O–H groups in total. The molecule has 56 heavy (non-hydrogen) atoms. The topological polar surface area (TPSA) is 243 Å². The van der Waals surface area contributed by atoms with Crippen molar-refractivity contribution in [2.45, 2.75) is 63.9 Å². The Morgan fingerprint density at radius 3 is 1.21 bits per heavy atom. The van der Waals surface area contributed by atoms with Gasteiger partial charge in [0.05, 0.1) is 11.5 Å². The minimum atomic E-state index is -0.784. The van der Waals surface area contributed by atoms with E-state index in [0.29, 0.717) is 12.1 Å². The molecular weight excluding hydrogens is 720 g/mol. The summed E-state index contributed by atoms with van der Waals surface area (Å²) in [5, 5.41) is 55.9. The second-order valence-corrected chi connectivity index (χ2v) is 12.6. The van der Waals surface area contributed by atoms with Gasteiger partial charge in [0.1, 0.15) is 0 Å². The standard InChI is InChI=1S/2C9H8N2O.C8H5N3.C7H5N3O2.C5H8N2O2/c2*1-6(12)7-2-4-8(5-3-7)9-10-11-9;1-9-7-4-2-6(3-5-7)8-10-11-8;11-10(12)6-3-1-5(2-4-6)7-8-9-7;1-5(6-7-5)3-2-4(8)9/h2*2-5,9H,1H3;2-5,8H;1-4,7H;2-3H2,1H3,(H,8,9). The smallest absolute Gasteiger partial charge is 0.303 e. The minimum Gasteiger partial charge on any atom is -0.481 e. The quantitative estimate of drug-likeness (QED) is 0.0713. The van der Waals surface area contributed by atoms with E-state index in [-0.39, 0.29) is 54.0 Å². The van der Waals surface area contributed by atoms with Crippen molar-refractivity contribution in [3.8, 4) is 0 Å². The highest BCUT2D eigenvalue weighted by molar-refractivity contribution is 5.94. The predicted molar refractivity (Wildman–Crippen MR) is 199 cm³/mol. The Bertz CT molecular complexity index is 2060. The number of carboxylic acid groups (broad SMARTS) is 1. The Morgan fingerprint density at radius 1 is 0.643 bits per heavy atom. The Balaban J connectivity index is 0.000000134. The summed E-state index contributed by atoms with van der Waals surface area (Å²) >= 11 is 0. The number of nitrogens with zero attached hydrogens (tertiary/aromatic N) is 12. The largest absolute Gasteiger partial charge is 0.481 e. The highest BCUT2D eigenvalue weighted by Gasteiger charge is 2.33. The van der Waals surface area contributed by atoms with Crippen molar-refractivity contribution in [2.24, 2.45) is 51.1 Å². The van der Waals surface area contributed by atoms with Gasteiger partial charge in [0.2, 0.25) is 24.7 Å². The lowest BCUT2D eigenvalue weighted by molar-refractivity contribution is -0.384. The van der Waals surface area contributed by atoms with E-state index in [1.54, 1.807) is 62.4 Å². The Hall–Kier alpha value is -7.42. The van der Waals surface area contributed by atoms with Gasteiger partial charge in [0.25, 0.3) is 5.69 Å². The molecule has 0 fully saturated rings. The number of carbonyl (C=O) groups is 3. The minimum absolute atomic E-state index is 0.0333. The number of carbonyl (C=O) groups excluding carboxylic acids is 2. The summed E-state index contributed by atoms with van der Waals surface area (Å²) in [4.78, 5) is 44.9. The van der Waals surface area contributed by atoms with Gasteiger partial charge in [-0.1, -0.05) is 72.8 Å². The number of non-ortho nitro benzene ring substituents is 1. The van der Waals surface area contributed by atoms with Crippen LogP contribution in [0.1, 0.15) is 101 Å². The van der Waals surface area contributed by atoms with E-state index in [9.17, 15) is 24.5 Å². The first kappa shape index (κ1) is 39.8. The van der Waals surface area contributed by atoms with E-state index in [1.807, 2.05) is 43.3 Å². The highest BCUT2D eigenvalue weighted by atomic mass is 16.6. The first-order chi connectivity index (χ1) is 26.8. The van der Waals surface area contributed by atoms with Crippen molar-refractivity contribution in [3.63, 3.8) is 0 Å². The third kappa shape index (κ3) is 13.2. The number of rotatable bonds is 10. The lowest BCUT2D eigenvalue weighted by atomic mass is 10.1. The van der Waals surface area contributed by atoms with E-state index in [0.717, 1.165) is 33.4 Å². The van der Waals surface area contributed by atoms with Gasteiger partial charge in [-0.2, -0.15) is 51.1 Å². The number of aliphatic carboxylic acids is 1. The zero-order valence-corrected chi connectivity index (χ0v) is 30.3. The molecule has 0 aliphatic carbocycles. The van der Waals surface area contributed by atoms with Gasteiger partial charge in [-0.05, 0) is 38.5 Å². The molecule has 0 saturated heterocycles. The van der Waals surface area contributed by atoms with E-state index >= 15 is 0 Å². The summed E-state index contributed by atoms with van der Waals surface area (Å²) in [5.41, 5.74) is 5.96. The number of hydrogen-bond donors (Lipinski definition) is 1. The zero-order valence-electron chi connectivity index (χ0n) is 30.3. The SMILES string of the molecule is CC(=O)c1ccc(C2N=N2)cc1.CC(=O)c1ccc(C2N=N2)cc1.CC1(CCC(=O)O)N=N1.O=[N+]([O-])c1ccc(C2N=N2)cc1.[C-]#[N+]c1ccc(C2N=N2)cc1. The normalized spacial score (nSPS) is 15.5. The zero-order chi connectivity index (χ0) is 40.2. The van der Waals surface area contributed by atoms with Gasteiger partial charge in [-0.25, -0.2) is 4.85 Å². The van der Waals surface area contributed by atoms with Crippen LogP contribution in [0.25, 0.3) is 4.85 Å². The molecule has 0 spiro atoms. The second kappa shape index (κ2) is 18.1. The number of nitro benzene ring substituents is 1. The molecule has 5 aliphatic rings. The average molecular weight is 755 g/mol. The van der Waals surface area contributed by atoms with Crippen LogP contribution in [0.3, 0.4) is 0 Å². The van der Waals surface area contributed by atoms with Crippen LogP contribution < -0.4 is 0 Å². The maximum atomic E-state index is 10.9. The Labute approximate surface area is 319 Å². The van der Waals surface area contributed by atoms with Crippen LogP contribution in [0, 0.1) is 16.7 Å². The number of carboxylic acids is 1. The Morgan fingerprint density at radius 2 is 0.964 bits per heavy atom. The molecule has 0 saturated carbocycles. The molecule has 0 bridgehead atoms. The van der Waals surface area contributed by atoms with Crippen molar-refractivity contribution in [3.05, 3.63) is 152 Å². The molecule has 9 rings (SSSR count). The van der Waals surface area contributed by atoms with Crippen molar-refractivity contribution in [1.29, 1.82) is 0 Å². The molecule has 4 aromatic carbocycles. The van der Waals surface area contributed by atoms with E-state index in [4.69, 9.17) is 11.7 Å². The maximum Gasteiger partial charge on any atom is 0.303 e. The fourth-order valence-corrected chi connectivity index (χ4v) is 4.46. The molecular formula is C38H34N12O6.